The van der Waals surface area contributed by atoms with Gasteiger partial charge in [0.15, 0.2) is 6.10 Å². The SMILES string of the molecule is O=C(NS(=O)(=O)c1cccc(C(F)(F)F)c1)[C@@H]1OCC(=O)N(Cc2cccc(Cl)c2)[C@@H]1c1ccccc1. The summed E-state index contributed by atoms with van der Waals surface area (Å²) >= 11 is 6.07. The summed E-state index contributed by atoms with van der Waals surface area (Å²) in [6.45, 7) is -0.460. The predicted molar refractivity (Wildman–Crippen MR) is 128 cm³/mol. The van der Waals surface area contributed by atoms with E-state index in [0.29, 0.717) is 22.2 Å². The van der Waals surface area contributed by atoms with Crippen LogP contribution in [0.2, 0.25) is 5.02 Å². The lowest BCUT2D eigenvalue weighted by atomic mass is 9.96. The van der Waals surface area contributed by atoms with Gasteiger partial charge in [-0.2, -0.15) is 13.2 Å². The summed E-state index contributed by atoms with van der Waals surface area (Å²) in [6, 6.07) is 17.1. The maximum absolute atomic E-state index is 13.2. The first kappa shape index (κ1) is 26.6. The standard InChI is InChI=1S/C25H20ClF3N2O5S/c26-19-10-4-6-16(12-19)14-31-21(32)15-36-23(22(31)17-7-2-1-3-8-17)24(33)30-37(34,35)20-11-5-9-18(13-20)25(27,28)29/h1-13,22-23H,14-15H2,(H,30,33)/t22-,23-/m1/s1. The minimum atomic E-state index is -4.78. The third-order valence-corrected chi connectivity index (χ3v) is 7.26. The summed E-state index contributed by atoms with van der Waals surface area (Å²) in [5, 5.41) is 0.441. The molecule has 0 bridgehead atoms. The molecule has 0 radical (unpaired) electrons. The van der Waals surface area contributed by atoms with Gasteiger partial charge in [-0.15, -0.1) is 0 Å². The molecule has 0 aliphatic carbocycles. The number of sulfonamides is 1. The number of nitrogens with one attached hydrogen (secondary N) is 1. The summed E-state index contributed by atoms with van der Waals surface area (Å²) in [7, 11) is -4.69. The van der Waals surface area contributed by atoms with Crippen LogP contribution in [0.15, 0.2) is 83.8 Å². The molecule has 7 nitrogen and oxygen atoms in total. The number of halogens is 4. The third-order valence-electron chi connectivity index (χ3n) is 5.68. The van der Waals surface area contributed by atoms with Crippen LogP contribution >= 0.6 is 11.6 Å². The van der Waals surface area contributed by atoms with E-state index in [-0.39, 0.29) is 6.54 Å². The Kier molecular flexibility index (Phi) is 7.58. The Labute approximate surface area is 215 Å². The Morgan fingerprint density at radius 2 is 1.73 bits per heavy atom. The van der Waals surface area contributed by atoms with Crippen molar-refractivity contribution >= 4 is 33.4 Å². The molecule has 1 N–H and O–H groups in total. The Balaban J connectivity index is 1.66. The van der Waals surface area contributed by atoms with E-state index in [9.17, 15) is 31.2 Å². The second-order valence-electron chi connectivity index (χ2n) is 8.23. The molecule has 194 valence electrons. The highest BCUT2D eigenvalue weighted by Crippen LogP contribution is 2.33. The zero-order valence-corrected chi connectivity index (χ0v) is 20.6. The highest BCUT2D eigenvalue weighted by molar-refractivity contribution is 7.90. The molecular weight excluding hydrogens is 533 g/mol. The maximum Gasteiger partial charge on any atom is 0.416 e. The molecule has 2 atom stereocenters. The molecular formula is C25H20ClF3N2O5S. The topological polar surface area (TPSA) is 92.8 Å². The van der Waals surface area contributed by atoms with Crippen molar-refractivity contribution < 1.29 is 35.9 Å². The van der Waals surface area contributed by atoms with E-state index in [0.717, 1.165) is 18.2 Å². The molecule has 1 saturated heterocycles. The number of carbonyl (C=O) groups excluding carboxylic acids is 2. The largest absolute Gasteiger partial charge is 0.416 e. The molecule has 2 amide bonds. The van der Waals surface area contributed by atoms with Gasteiger partial charge in [0.2, 0.25) is 5.91 Å². The van der Waals surface area contributed by atoms with Crippen molar-refractivity contribution in [2.24, 2.45) is 0 Å². The van der Waals surface area contributed by atoms with Crippen LogP contribution in [0.4, 0.5) is 13.2 Å². The fourth-order valence-electron chi connectivity index (χ4n) is 3.99. The van der Waals surface area contributed by atoms with Crippen LogP contribution in [0.5, 0.6) is 0 Å². The fraction of sp³-hybridized carbons (Fsp3) is 0.200. The lowest BCUT2D eigenvalue weighted by molar-refractivity contribution is -0.164. The monoisotopic (exact) mass is 552 g/mol. The van der Waals surface area contributed by atoms with Crippen molar-refractivity contribution in [1.82, 2.24) is 9.62 Å². The molecule has 3 aromatic rings. The lowest BCUT2D eigenvalue weighted by Crippen LogP contribution is -2.54. The second-order valence-corrected chi connectivity index (χ2v) is 10.4. The third kappa shape index (κ3) is 6.12. The Hall–Kier alpha value is -3.41. The van der Waals surface area contributed by atoms with Crippen LogP contribution in [0.3, 0.4) is 0 Å². The van der Waals surface area contributed by atoms with Crippen molar-refractivity contribution in [1.29, 1.82) is 0 Å². The zero-order valence-electron chi connectivity index (χ0n) is 19.0. The molecule has 0 aromatic heterocycles. The van der Waals surface area contributed by atoms with Crippen molar-refractivity contribution in [3.8, 4) is 0 Å². The van der Waals surface area contributed by atoms with Gasteiger partial charge >= 0.3 is 6.18 Å². The number of ether oxygens (including phenoxy) is 1. The minimum Gasteiger partial charge on any atom is -0.356 e. The molecule has 0 spiro atoms. The second kappa shape index (κ2) is 10.5. The lowest BCUT2D eigenvalue weighted by Gasteiger charge is -2.40. The number of alkyl halides is 3. The van der Waals surface area contributed by atoms with Gasteiger partial charge in [0, 0.05) is 11.6 Å². The molecule has 37 heavy (non-hydrogen) atoms. The smallest absolute Gasteiger partial charge is 0.356 e. The molecule has 12 heteroatoms. The van der Waals surface area contributed by atoms with Gasteiger partial charge in [0.25, 0.3) is 15.9 Å². The number of nitrogens with zero attached hydrogens (tertiary/aromatic N) is 1. The fourth-order valence-corrected chi connectivity index (χ4v) is 5.24. The van der Waals surface area contributed by atoms with E-state index in [1.165, 1.54) is 4.90 Å². The van der Waals surface area contributed by atoms with Crippen LogP contribution in [0.1, 0.15) is 22.7 Å². The van der Waals surface area contributed by atoms with Gasteiger partial charge in [0.05, 0.1) is 16.5 Å². The number of hydrogen-bond donors (Lipinski definition) is 1. The first-order chi connectivity index (χ1) is 17.5. The summed E-state index contributed by atoms with van der Waals surface area (Å²) in [6.07, 6.45) is -6.25. The van der Waals surface area contributed by atoms with Crippen LogP contribution < -0.4 is 4.72 Å². The Morgan fingerprint density at radius 3 is 2.41 bits per heavy atom. The van der Waals surface area contributed by atoms with Crippen molar-refractivity contribution in [2.45, 2.75) is 29.8 Å². The summed E-state index contributed by atoms with van der Waals surface area (Å²) in [5.74, 6) is -1.58. The van der Waals surface area contributed by atoms with Crippen molar-refractivity contribution in [3.05, 3.63) is 101 Å². The molecule has 4 rings (SSSR count). The van der Waals surface area contributed by atoms with Crippen LogP contribution in [0.25, 0.3) is 0 Å². The maximum atomic E-state index is 13.2. The van der Waals surface area contributed by atoms with Crippen LogP contribution in [-0.4, -0.2) is 37.8 Å². The highest BCUT2D eigenvalue weighted by Gasteiger charge is 2.43. The molecule has 1 heterocycles. The number of morpholine rings is 1. The van der Waals surface area contributed by atoms with Gasteiger partial charge in [0.1, 0.15) is 6.61 Å². The molecule has 3 aromatic carbocycles. The van der Waals surface area contributed by atoms with E-state index in [2.05, 4.69) is 0 Å². The number of benzene rings is 3. The Morgan fingerprint density at radius 1 is 1.03 bits per heavy atom. The number of amides is 2. The molecule has 1 aliphatic rings. The first-order valence-corrected chi connectivity index (χ1v) is 12.8. The molecule has 0 saturated carbocycles. The van der Waals surface area contributed by atoms with E-state index >= 15 is 0 Å². The van der Waals surface area contributed by atoms with E-state index in [4.69, 9.17) is 16.3 Å². The van der Waals surface area contributed by atoms with Gasteiger partial charge in [-0.05, 0) is 41.5 Å². The summed E-state index contributed by atoms with van der Waals surface area (Å²) in [4.78, 5) is 26.7. The van der Waals surface area contributed by atoms with E-state index in [1.54, 1.807) is 54.6 Å². The highest BCUT2D eigenvalue weighted by atomic mass is 35.5. The number of carbonyl (C=O) groups is 2. The van der Waals surface area contributed by atoms with Gasteiger partial charge in [-0.3, -0.25) is 9.59 Å². The molecule has 1 aliphatic heterocycles. The molecule has 1 fully saturated rings. The summed E-state index contributed by atoms with van der Waals surface area (Å²) < 4.78 is 72.2. The van der Waals surface area contributed by atoms with Crippen LogP contribution in [-0.2, 0) is 37.1 Å². The average molecular weight is 553 g/mol. The van der Waals surface area contributed by atoms with E-state index in [1.807, 2.05) is 4.72 Å². The number of hydrogen-bond acceptors (Lipinski definition) is 5. The normalized spacial score (nSPS) is 18.5. The van der Waals surface area contributed by atoms with Crippen LogP contribution in [0, 0.1) is 0 Å². The van der Waals surface area contributed by atoms with E-state index < -0.39 is 57.2 Å². The number of rotatable bonds is 6. The minimum absolute atomic E-state index is 0.0481. The zero-order chi connectivity index (χ0) is 26.8. The first-order valence-electron chi connectivity index (χ1n) is 10.9. The predicted octanol–water partition coefficient (Wildman–Crippen LogP) is 4.33. The quantitative estimate of drug-likeness (QED) is 0.491. The summed E-state index contributed by atoms with van der Waals surface area (Å²) in [5.41, 5.74) is -0.0224. The van der Waals surface area contributed by atoms with Gasteiger partial charge in [-0.1, -0.05) is 60.1 Å². The van der Waals surface area contributed by atoms with Crippen molar-refractivity contribution in [3.63, 3.8) is 0 Å². The average Bonchev–Trinajstić information content (AvgIpc) is 2.85. The van der Waals surface area contributed by atoms with Gasteiger partial charge in [-0.25, -0.2) is 13.1 Å². The van der Waals surface area contributed by atoms with Gasteiger partial charge < -0.3 is 9.64 Å². The Bertz CT molecular complexity index is 1420. The van der Waals surface area contributed by atoms with Crippen molar-refractivity contribution in [2.75, 3.05) is 6.61 Å². The molecule has 0 unspecified atom stereocenters.